The maximum Gasteiger partial charge on any atom is 0.191 e. The first kappa shape index (κ1) is 19.9. The molecule has 0 radical (unpaired) electrons. The van der Waals surface area contributed by atoms with Crippen molar-refractivity contribution in [3.63, 3.8) is 0 Å². The van der Waals surface area contributed by atoms with Crippen LogP contribution in [0.25, 0.3) is 0 Å². The van der Waals surface area contributed by atoms with E-state index in [9.17, 15) is 0 Å². The molecule has 0 aromatic carbocycles. The van der Waals surface area contributed by atoms with Crippen molar-refractivity contribution in [3.8, 4) is 0 Å². The summed E-state index contributed by atoms with van der Waals surface area (Å²) in [4.78, 5) is 9.20. The number of nitrogens with zero attached hydrogens (tertiary/aromatic N) is 3. The molecule has 1 aliphatic heterocycles. The SMILES string of the molecule is CCCCNC(=NC)NCC(C)N1CCN(C)CC1.I. The molecule has 1 unspecified atom stereocenters. The number of nitrogens with one attached hydrogen (secondary N) is 2. The highest BCUT2D eigenvalue weighted by atomic mass is 127. The molecule has 20 heavy (non-hydrogen) atoms. The van der Waals surface area contributed by atoms with Crippen molar-refractivity contribution >= 4 is 29.9 Å². The maximum atomic E-state index is 4.26. The van der Waals surface area contributed by atoms with E-state index < -0.39 is 0 Å². The molecule has 6 heteroatoms. The number of guanidine groups is 1. The number of piperazine rings is 1. The molecular weight excluding hydrogens is 365 g/mol. The van der Waals surface area contributed by atoms with E-state index in [2.05, 4.69) is 46.3 Å². The molecular formula is C14H32IN5. The standard InChI is InChI=1S/C14H31N5.HI/c1-5-6-7-16-14(15-3)17-12-13(2)19-10-8-18(4)9-11-19;/h13H,5-12H2,1-4H3,(H2,15,16,17);1H. The number of halogens is 1. The van der Waals surface area contributed by atoms with Crippen LogP contribution in [0, 0.1) is 0 Å². The van der Waals surface area contributed by atoms with Gasteiger partial charge >= 0.3 is 0 Å². The third-order valence-electron chi connectivity index (χ3n) is 3.77. The largest absolute Gasteiger partial charge is 0.356 e. The third kappa shape index (κ3) is 7.64. The zero-order chi connectivity index (χ0) is 14.1. The lowest BCUT2D eigenvalue weighted by atomic mass is 10.2. The van der Waals surface area contributed by atoms with Gasteiger partial charge in [0, 0.05) is 52.4 Å². The summed E-state index contributed by atoms with van der Waals surface area (Å²) in [5, 5.41) is 6.77. The number of aliphatic imine (C=N–C) groups is 1. The molecule has 2 N–H and O–H groups in total. The third-order valence-corrected chi connectivity index (χ3v) is 3.77. The second-order valence-electron chi connectivity index (χ2n) is 5.42. The number of hydrogen-bond acceptors (Lipinski definition) is 3. The molecule has 0 spiro atoms. The molecule has 0 aromatic heterocycles. The smallest absolute Gasteiger partial charge is 0.191 e. The van der Waals surface area contributed by atoms with Crippen molar-refractivity contribution in [2.75, 3.05) is 53.4 Å². The van der Waals surface area contributed by atoms with E-state index in [1.165, 1.54) is 39.0 Å². The fourth-order valence-electron chi connectivity index (χ4n) is 2.24. The Labute approximate surface area is 141 Å². The monoisotopic (exact) mass is 397 g/mol. The topological polar surface area (TPSA) is 42.9 Å². The lowest BCUT2D eigenvalue weighted by Crippen LogP contribution is -2.52. The van der Waals surface area contributed by atoms with Gasteiger partial charge in [0.2, 0.25) is 0 Å². The predicted octanol–water partition coefficient (Wildman–Crippen LogP) is 1.21. The van der Waals surface area contributed by atoms with Gasteiger partial charge in [-0.15, -0.1) is 24.0 Å². The minimum absolute atomic E-state index is 0. The van der Waals surface area contributed by atoms with Crippen LogP contribution in [-0.2, 0) is 0 Å². The van der Waals surface area contributed by atoms with Crippen molar-refractivity contribution in [2.45, 2.75) is 32.7 Å². The average Bonchev–Trinajstić information content (AvgIpc) is 2.43. The molecule has 0 aromatic rings. The Morgan fingerprint density at radius 1 is 1.20 bits per heavy atom. The number of likely N-dealkylation sites (N-methyl/N-ethyl adjacent to an activating group) is 1. The normalized spacial score (nSPS) is 19.3. The summed E-state index contributed by atoms with van der Waals surface area (Å²) in [6.07, 6.45) is 2.40. The Kier molecular flexibility index (Phi) is 11.5. The van der Waals surface area contributed by atoms with Gasteiger partial charge in [-0.1, -0.05) is 13.3 Å². The van der Waals surface area contributed by atoms with Crippen LogP contribution >= 0.6 is 24.0 Å². The Bertz CT molecular complexity index is 264. The molecule has 120 valence electrons. The summed E-state index contributed by atoms with van der Waals surface area (Å²) in [6, 6.07) is 0.554. The summed E-state index contributed by atoms with van der Waals surface area (Å²) < 4.78 is 0. The van der Waals surface area contributed by atoms with E-state index in [4.69, 9.17) is 0 Å². The lowest BCUT2D eigenvalue weighted by molar-refractivity contribution is 0.120. The van der Waals surface area contributed by atoms with E-state index in [1.54, 1.807) is 0 Å². The quantitative estimate of drug-likeness (QED) is 0.306. The maximum absolute atomic E-state index is 4.26. The molecule has 1 aliphatic rings. The van der Waals surface area contributed by atoms with E-state index in [-0.39, 0.29) is 24.0 Å². The average molecular weight is 397 g/mol. The summed E-state index contributed by atoms with van der Waals surface area (Å²) >= 11 is 0. The lowest BCUT2D eigenvalue weighted by Gasteiger charge is -2.36. The summed E-state index contributed by atoms with van der Waals surface area (Å²) in [6.45, 7) is 11.1. The van der Waals surface area contributed by atoms with Gasteiger partial charge in [0.1, 0.15) is 0 Å². The van der Waals surface area contributed by atoms with Gasteiger partial charge in [-0.3, -0.25) is 9.89 Å². The van der Waals surface area contributed by atoms with E-state index >= 15 is 0 Å². The van der Waals surface area contributed by atoms with E-state index in [1.807, 2.05) is 7.05 Å². The highest BCUT2D eigenvalue weighted by Gasteiger charge is 2.18. The van der Waals surface area contributed by atoms with Crippen LogP contribution in [0.15, 0.2) is 4.99 Å². The van der Waals surface area contributed by atoms with Gasteiger partial charge in [0.05, 0.1) is 0 Å². The van der Waals surface area contributed by atoms with Gasteiger partial charge in [0.15, 0.2) is 5.96 Å². The molecule has 1 rings (SSSR count). The Morgan fingerprint density at radius 3 is 2.40 bits per heavy atom. The number of unbranched alkanes of at least 4 members (excludes halogenated alkanes) is 1. The van der Waals surface area contributed by atoms with Gasteiger partial charge in [-0.05, 0) is 20.4 Å². The van der Waals surface area contributed by atoms with Crippen LogP contribution in [0.5, 0.6) is 0 Å². The Balaban J connectivity index is 0.00000361. The van der Waals surface area contributed by atoms with Crippen LogP contribution in [0.2, 0.25) is 0 Å². The second-order valence-corrected chi connectivity index (χ2v) is 5.42. The number of hydrogen-bond donors (Lipinski definition) is 2. The highest BCUT2D eigenvalue weighted by Crippen LogP contribution is 2.03. The molecule has 1 saturated heterocycles. The van der Waals surface area contributed by atoms with E-state index in [0.29, 0.717) is 6.04 Å². The zero-order valence-corrected chi connectivity index (χ0v) is 15.8. The summed E-state index contributed by atoms with van der Waals surface area (Å²) in [5.41, 5.74) is 0. The van der Waals surface area contributed by atoms with Crippen molar-refractivity contribution in [1.29, 1.82) is 0 Å². The second kappa shape index (κ2) is 11.6. The van der Waals surface area contributed by atoms with Crippen LogP contribution < -0.4 is 10.6 Å². The van der Waals surface area contributed by atoms with Gasteiger partial charge in [-0.2, -0.15) is 0 Å². The van der Waals surface area contributed by atoms with Crippen LogP contribution in [-0.4, -0.2) is 75.2 Å². The zero-order valence-electron chi connectivity index (χ0n) is 13.5. The first-order valence-corrected chi connectivity index (χ1v) is 7.54. The summed E-state index contributed by atoms with van der Waals surface area (Å²) in [5.74, 6) is 0.925. The van der Waals surface area contributed by atoms with Crippen LogP contribution in [0.4, 0.5) is 0 Å². The molecule has 0 saturated carbocycles. The van der Waals surface area contributed by atoms with Crippen molar-refractivity contribution in [3.05, 3.63) is 0 Å². The molecule has 1 atom stereocenters. The minimum atomic E-state index is 0. The molecule has 1 heterocycles. The first-order valence-electron chi connectivity index (χ1n) is 7.54. The molecule has 5 nitrogen and oxygen atoms in total. The molecule has 1 fully saturated rings. The van der Waals surface area contributed by atoms with Crippen LogP contribution in [0.1, 0.15) is 26.7 Å². The molecule has 0 aliphatic carbocycles. The fraction of sp³-hybridized carbons (Fsp3) is 0.929. The number of rotatable bonds is 6. The highest BCUT2D eigenvalue weighted by molar-refractivity contribution is 14.0. The van der Waals surface area contributed by atoms with E-state index in [0.717, 1.165) is 19.0 Å². The summed E-state index contributed by atoms with van der Waals surface area (Å²) in [7, 11) is 4.03. The fourth-order valence-corrected chi connectivity index (χ4v) is 2.24. The van der Waals surface area contributed by atoms with Crippen LogP contribution in [0.3, 0.4) is 0 Å². The van der Waals surface area contributed by atoms with Gasteiger partial charge in [0.25, 0.3) is 0 Å². The Hall–Kier alpha value is -0.0800. The van der Waals surface area contributed by atoms with Crippen molar-refractivity contribution < 1.29 is 0 Å². The molecule has 0 bridgehead atoms. The first-order chi connectivity index (χ1) is 9.17. The molecule has 0 amide bonds. The predicted molar refractivity (Wildman–Crippen MR) is 98.2 cm³/mol. The minimum Gasteiger partial charge on any atom is -0.356 e. The van der Waals surface area contributed by atoms with Gasteiger partial charge in [-0.25, -0.2) is 0 Å². The van der Waals surface area contributed by atoms with Crippen molar-refractivity contribution in [2.24, 2.45) is 4.99 Å². The van der Waals surface area contributed by atoms with Gasteiger partial charge < -0.3 is 15.5 Å². The Morgan fingerprint density at radius 2 is 1.85 bits per heavy atom. The van der Waals surface area contributed by atoms with Crippen molar-refractivity contribution in [1.82, 2.24) is 20.4 Å².